The number of thiazole rings is 1. The summed E-state index contributed by atoms with van der Waals surface area (Å²) >= 11 is 9.30. The Morgan fingerprint density at radius 1 is 1.18 bits per heavy atom. The second-order valence-electron chi connectivity index (χ2n) is 10.1. The van der Waals surface area contributed by atoms with Crippen LogP contribution < -0.4 is 24.4 Å². The average molecular weight is 760 g/mol. The molecule has 0 saturated carbocycles. The van der Waals surface area contributed by atoms with Gasteiger partial charge < -0.3 is 14.2 Å². The molecule has 0 amide bonds. The first-order valence-corrected chi connectivity index (χ1v) is 16.0. The van der Waals surface area contributed by atoms with E-state index in [1.54, 1.807) is 64.3 Å². The van der Waals surface area contributed by atoms with E-state index in [2.05, 4.69) is 27.6 Å². The normalized spacial score (nSPS) is 14.5. The van der Waals surface area contributed by atoms with Crippen molar-refractivity contribution >= 4 is 63.3 Å². The third kappa shape index (κ3) is 6.67. The first-order chi connectivity index (χ1) is 21.5. The molecular formula is C32H27ClIN3O7S. The van der Waals surface area contributed by atoms with Crippen molar-refractivity contribution in [3.8, 4) is 11.5 Å². The van der Waals surface area contributed by atoms with E-state index in [0.717, 1.165) is 20.5 Å². The minimum Gasteiger partial charge on any atom is -0.493 e. The third-order valence-corrected chi connectivity index (χ3v) is 9.14. The van der Waals surface area contributed by atoms with Gasteiger partial charge in [-0.05, 0) is 90.4 Å². The maximum atomic E-state index is 14.0. The van der Waals surface area contributed by atoms with Gasteiger partial charge in [0, 0.05) is 16.7 Å². The number of nitro benzene ring substituents is 1. The molecule has 0 radical (unpaired) electrons. The number of hydrogen-bond donors (Lipinski definition) is 0. The smallest absolute Gasteiger partial charge is 0.338 e. The summed E-state index contributed by atoms with van der Waals surface area (Å²) in [5, 5.41) is 12.4. The highest BCUT2D eigenvalue weighted by atomic mass is 127. The van der Waals surface area contributed by atoms with Gasteiger partial charge in [0.05, 0.1) is 44.1 Å². The summed E-state index contributed by atoms with van der Waals surface area (Å²) in [5.41, 5.74) is 2.47. The number of ether oxygens (including phenoxy) is 3. The molecule has 5 rings (SSSR count). The molecule has 10 nitrogen and oxygen atoms in total. The van der Waals surface area contributed by atoms with E-state index in [1.165, 1.54) is 10.6 Å². The quantitative estimate of drug-likeness (QED) is 0.0908. The van der Waals surface area contributed by atoms with Crippen LogP contribution in [0, 0.1) is 20.6 Å². The number of nitrogens with zero attached hydrogens (tertiary/aromatic N) is 3. The lowest BCUT2D eigenvalue weighted by Crippen LogP contribution is -2.40. The molecule has 0 unspecified atom stereocenters. The number of aryl methyl sites for hydroxylation is 1. The van der Waals surface area contributed by atoms with Crippen LogP contribution in [0.3, 0.4) is 0 Å². The molecule has 13 heteroatoms. The van der Waals surface area contributed by atoms with E-state index in [-0.39, 0.29) is 17.9 Å². The lowest BCUT2D eigenvalue weighted by Gasteiger charge is -2.24. The highest BCUT2D eigenvalue weighted by Gasteiger charge is 2.34. The van der Waals surface area contributed by atoms with E-state index >= 15 is 0 Å². The fraction of sp³-hybridized carbons (Fsp3) is 0.219. The van der Waals surface area contributed by atoms with E-state index in [9.17, 15) is 19.7 Å². The Hall–Kier alpha value is -4.01. The summed E-state index contributed by atoms with van der Waals surface area (Å²) in [5.74, 6) is 0.400. The van der Waals surface area contributed by atoms with Crippen molar-refractivity contribution in [1.29, 1.82) is 0 Å². The number of nitro groups is 1. The largest absolute Gasteiger partial charge is 0.493 e. The number of aromatic nitrogens is 1. The number of rotatable bonds is 9. The zero-order valence-electron chi connectivity index (χ0n) is 24.6. The summed E-state index contributed by atoms with van der Waals surface area (Å²) < 4.78 is 19.6. The SMILES string of the molecule is CCOC(=O)C1=C(C)N=c2s/c(=C/c3cc(I)c(OCc4ccc(Cl)cc4)c(OC)c3)c(=O)n2[C@@H]1c1ccc(C)c([N+](=O)[O-])c1. The molecule has 1 atom stereocenters. The van der Waals surface area contributed by atoms with Crippen LogP contribution in [-0.4, -0.2) is 29.2 Å². The second-order valence-corrected chi connectivity index (χ2v) is 12.7. The molecule has 0 spiro atoms. The Morgan fingerprint density at radius 2 is 1.91 bits per heavy atom. The number of methoxy groups -OCH3 is 1. The first-order valence-electron chi connectivity index (χ1n) is 13.7. The molecule has 1 aliphatic rings. The first kappa shape index (κ1) is 32.4. The molecule has 0 N–H and O–H groups in total. The number of benzene rings is 3. The molecule has 3 aromatic carbocycles. The Morgan fingerprint density at radius 3 is 2.58 bits per heavy atom. The average Bonchev–Trinajstić information content (AvgIpc) is 3.30. The predicted octanol–water partition coefficient (Wildman–Crippen LogP) is 5.86. The molecule has 45 heavy (non-hydrogen) atoms. The number of carbonyl (C=O) groups is 1. The van der Waals surface area contributed by atoms with Gasteiger partial charge in [-0.25, -0.2) is 9.79 Å². The van der Waals surface area contributed by atoms with Gasteiger partial charge in [-0.3, -0.25) is 19.5 Å². The zero-order valence-corrected chi connectivity index (χ0v) is 28.4. The molecule has 1 aliphatic heterocycles. The monoisotopic (exact) mass is 759 g/mol. The Labute approximate surface area is 280 Å². The van der Waals surface area contributed by atoms with Gasteiger partial charge in [0.25, 0.3) is 11.2 Å². The minimum absolute atomic E-state index is 0.112. The molecule has 0 fully saturated rings. The van der Waals surface area contributed by atoms with Crippen molar-refractivity contribution in [2.75, 3.05) is 13.7 Å². The Balaban J connectivity index is 1.60. The molecule has 0 bridgehead atoms. The zero-order chi connectivity index (χ0) is 32.4. The maximum Gasteiger partial charge on any atom is 0.338 e. The van der Waals surface area contributed by atoms with E-state index in [4.69, 9.17) is 25.8 Å². The summed E-state index contributed by atoms with van der Waals surface area (Å²) in [7, 11) is 1.54. The van der Waals surface area contributed by atoms with Gasteiger partial charge >= 0.3 is 5.97 Å². The van der Waals surface area contributed by atoms with Gasteiger partial charge in [-0.1, -0.05) is 47.2 Å². The second kappa shape index (κ2) is 13.5. The molecule has 0 aliphatic carbocycles. The van der Waals surface area contributed by atoms with Crippen molar-refractivity contribution in [3.63, 3.8) is 0 Å². The summed E-state index contributed by atoms with van der Waals surface area (Å²) in [6.07, 6.45) is 1.72. The van der Waals surface area contributed by atoms with Crippen LogP contribution in [0.15, 0.2) is 75.7 Å². The molecule has 2 heterocycles. The van der Waals surface area contributed by atoms with Gasteiger partial charge in [0.15, 0.2) is 16.3 Å². The number of allylic oxidation sites excluding steroid dienone is 1. The third-order valence-electron chi connectivity index (χ3n) is 7.11. The van der Waals surface area contributed by atoms with Crippen LogP contribution in [0.1, 0.15) is 42.1 Å². The van der Waals surface area contributed by atoms with Crippen LogP contribution in [0.4, 0.5) is 5.69 Å². The van der Waals surface area contributed by atoms with Gasteiger partial charge in [-0.15, -0.1) is 0 Å². The van der Waals surface area contributed by atoms with E-state index in [1.807, 2.05) is 18.2 Å². The van der Waals surface area contributed by atoms with Crippen LogP contribution in [0.5, 0.6) is 11.5 Å². The Kier molecular flexibility index (Phi) is 9.75. The van der Waals surface area contributed by atoms with Crippen LogP contribution in [0.2, 0.25) is 5.02 Å². The summed E-state index contributed by atoms with van der Waals surface area (Å²) in [6, 6.07) is 14.7. The van der Waals surface area contributed by atoms with Gasteiger partial charge in [0.1, 0.15) is 6.61 Å². The topological polar surface area (TPSA) is 122 Å². The fourth-order valence-electron chi connectivity index (χ4n) is 4.95. The van der Waals surface area contributed by atoms with Crippen molar-refractivity contribution < 1.29 is 23.9 Å². The summed E-state index contributed by atoms with van der Waals surface area (Å²) in [4.78, 5) is 43.4. The highest BCUT2D eigenvalue weighted by molar-refractivity contribution is 14.1. The lowest BCUT2D eigenvalue weighted by molar-refractivity contribution is -0.385. The molecule has 1 aromatic heterocycles. The Bertz CT molecular complexity index is 2040. The maximum absolute atomic E-state index is 14.0. The van der Waals surface area contributed by atoms with E-state index < -0.39 is 22.5 Å². The van der Waals surface area contributed by atoms with E-state index in [0.29, 0.717) is 54.8 Å². The van der Waals surface area contributed by atoms with Crippen LogP contribution >= 0.6 is 45.5 Å². The highest BCUT2D eigenvalue weighted by Crippen LogP contribution is 2.36. The lowest BCUT2D eigenvalue weighted by atomic mass is 9.94. The number of carbonyl (C=O) groups excluding carboxylic acids is 1. The van der Waals surface area contributed by atoms with Crippen LogP contribution in [0.25, 0.3) is 6.08 Å². The molecule has 4 aromatic rings. The number of esters is 1. The summed E-state index contributed by atoms with van der Waals surface area (Å²) in [6.45, 7) is 5.39. The fourth-order valence-corrected chi connectivity index (χ4v) is 6.90. The van der Waals surface area contributed by atoms with Gasteiger partial charge in [0.2, 0.25) is 0 Å². The van der Waals surface area contributed by atoms with Crippen LogP contribution in [-0.2, 0) is 16.1 Å². The molecular weight excluding hydrogens is 733 g/mol. The number of fused-ring (bicyclic) bond motifs is 1. The standard InChI is InChI=1S/C32H27ClIN3O7S/c1-5-43-31(39)27-18(3)35-32-36(28(27)21-9-6-17(2)24(15-21)37(40)41)30(38)26(45-32)14-20-12-23(34)29(25(13-20)42-4)44-16-19-7-10-22(33)11-8-19/h6-15,28H,5,16H2,1-4H3/b26-14+/t28-/m1/s1. The molecule has 232 valence electrons. The minimum atomic E-state index is -0.972. The van der Waals surface area contributed by atoms with Crippen molar-refractivity contribution in [2.24, 2.45) is 4.99 Å². The van der Waals surface area contributed by atoms with Crippen molar-refractivity contribution in [2.45, 2.75) is 33.4 Å². The number of hydrogen-bond acceptors (Lipinski definition) is 9. The van der Waals surface area contributed by atoms with Gasteiger partial charge in [-0.2, -0.15) is 0 Å². The van der Waals surface area contributed by atoms with Crippen molar-refractivity contribution in [1.82, 2.24) is 4.57 Å². The predicted molar refractivity (Wildman–Crippen MR) is 180 cm³/mol. The van der Waals surface area contributed by atoms with Crippen molar-refractivity contribution in [3.05, 3.63) is 127 Å². The molecule has 0 saturated heterocycles. The number of halogens is 2.